The van der Waals surface area contributed by atoms with Crippen LogP contribution in [0, 0.1) is 0 Å². The Morgan fingerprint density at radius 1 is 0.950 bits per heavy atom. The largest absolute Gasteiger partial charge is 0.481 e. The molecule has 0 aromatic heterocycles. The van der Waals surface area contributed by atoms with Crippen LogP contribution in [0.4, 0.5) is 0 Å². The molecule has 20 heavy (non-hydrogen) atoms. The van der Waals surface area contributed by atoms with Crippen LogP contribution in [0.3, 0.4) is 0 Å². The number of carboxylic acid groups (broad SMARTS) is 1. The summed E-state index contributed by atoms with van der Waals surface area (Å²) >= 11 is 0. The highest BCUT2D eigenvalue weighted by Crippen LogP contribution is 2.18. The van der Waals surface area contributed by atoms with Crippen LogP contribution in [0.2, 0.25) is 32.2 Å². The number of carbonyl (C=O) groups is 1. The molecule has 0 radical (unpaired) electrons. The van der Waals surface area contributed by atoms with Gasteiger partial charge in [-0.1, -0.05) is 44.9 Å². The van der Waals surface area contributed by atoms with Gasteiger partial charge in [0.2, 0.25) is 0 Å². The molecule has 0 amide bonds. The first-order valence-electron chi connectivity index (χ1n) is 8.23. The SMILES string of the molecule is C[SiH](C)O[Si](C)(C)CCCCCCCCCCC(=O)O. The molecule has 0 unspecified atom stereocenters. The topological polar surface area (TPSA) is 46.5 Å². The summed E-state index contributed by atoms with van der Waals surface area (Å²) in [7, 11) is -2.22. The van der Waals surface area contributed by atoms with Crippen LogP contribution in [0.1, 0.15) is 57.8 Å². The molecular weight excluding hydrogens is 284 g/mol. The lowest BCUT2D eigenvalue weighted by Gasteiger charge is -2.25. The molecule has 0 aromatic rings. The average Bonchev–Trinajstić information content (AvgIpc) is 2.29. The predicted octanol–water partition coefficient (Wildman–Crippen LogP) is 4.79. The number of hydrogen-bond donors (Lipinski definition) is 1. The summed E-state index contributed by atoms with van der Waals surface area (Å²) in [6.45, 7) is 9.23. The van der Waals surface area contributed by atoms with Crippen LogP contribution in [0.15, 0.2) is 0 Å². The third-order valence-electron chi connectivity index (χ3n) is 3.47. The second kappa shape index (κ2) is 11.5. The van der Waals surface area contributed by atoms with Gasteiger partial charge in [0.15, 0.2) is 17.4 Å². The van der Waals surface area contributed by atoms with Gasteiger partial charge in [0.25, 0.3) is 0 Å². The summed E-state index contributed by atoms with van der Waals surface area (Å²) in [5.74, 6) is -0.663. The van der Waals surface area contributed by atoms with Gasteiger partial charge in [0.1, 0.15) is 0 Å². The third-order valence-corrected chi connectivity index (χ3v) is 9.47. The van der Waals surface area contributed by atoms with Crippen molar-refractivity contribution in [2.24, 2.45) is 0 Å². The zero-order chi connectivity index (χ0) is 15.4. The zero-order valence-electron chi connectivity index (χ0n) is 13.9. The summed E-state index contributed by atoms with van der Waals surface area (Å²) < 4.78 is 6.16. The van der Waals surface area contributed by atoms with Gasteiger partial charge >= 0.3 is 5.97 Å². The molecule has 0 aliphatic carbocycles. The summed E-state index contributed by atoms with van der Waals surface area (Å²) in [5, 5.41) is 8.53. The van der Waals surface area contributed by atoms with Crippen molar-refractivity contribution in [2.45, 2.75) is 90.0 Å². The van der Waals surface area contributed by atoms with Gasteiger partial charge in [-0.25, -0.2) is 0 Å². The quantitative estimate of drug-likeness (QED) is 0.392. The first-order valence-corrected chi connectivity index (χ1v) is 14.1. The molecule has 120 valence electrons. The highest BCUT2D eigenvalue weighted by atomic mass is 28.4. The Morgan fingerprint density at radius 2 is 1.40 bits per heavy atom. The number of unbranched alkanes of at least 4 members (excludes halogenated alkanes) is 7. The first-order chi connectivity index (χ1) is 9.33. The third kappa shape index (κ3) is 14.3. The Bertz CT molecular complexity index is 256. The summed E-state index contributed by atoms with van der Waals surface area (Å²) in [4.78, 5) is 10.3. The van der Waals surface area contributed by atoms with E-state index in [0.29, 0.717) is 6.42 Å². The van der Waals surface area contributed by atoms with Crippen molar-refractivity contribution >= 4 is 23.3 Å². The maximum atomic E-state index is 10.3. The van der Waals surface area contributed by atoms with Crippen molar-refractivity contribution in [1.29, 1.82) is 0 Å². The molecule has 0 aromatic carbocycles. The molecular formula is C15H34O3Si2. The van der Waals surface area contributed by atoms with Crippen LogP contribution in [0.5, 0.6) is 0 Å². The van der Waals surface area contributed by atoms with E-state index in [2.05, 4.69) is 26.2 Å². The fourth-order valence-corrected chi connectivity index (χ4v) is 9.26. The van der Waals surface area contributed by atoms with E-state index < -0.39 is 23.3 Å². The lowest BCUT2D eigenvalue weighted by Crippen LogP contribution is -2.34. The number of rotatable bonds is 13. The van der Waals surface area contributed by atoms with Gasteiger partial charge < -0.3 is 9.22 Å². The Hall–Kier alpha value is -0.136. The predicted molar refractivity (Wildman–Crippen MR) is 91.4 cm³/mol. The van der Waals surface area contributed by atoms with E-state index in [1.807, 2.05) is 0 Å². The van der Waals surface area contributed by atoms with Crippen LogP contribution >= 0.6 is 0 Å². The molecule has 0 saturated heterocycles. The van der Waals surface area contributed by atoms with Gasteiger partial charge in [-0.15, -0.1) is 0 Å². The van der Waals surface area contributed by atoms with Crippen molar-refractivity contribution in [3.8, 4) is 0 Å². The highest BCUT2D eigenvalue weighted by molar-refractivity contribution is 6.77. The van der Waals surface area contributed by atoms with Crippen molar-refractivity contribution in [2.75, 3.05) is 0 Å². The molecule has 3 nitrogen and oxygen atoms in total. The molecule has 0 bridgehead atoms. The Morgan fingerprint density at radius 3 is 1.85 bits per heavy atom. The van der Waals surface area contributed by atoms with Crippen molar-refractivity contribution < 1.29 is 14.0 Å². The van der Waals surface area contributed by atoms with Gasteiger partial charge in [-0.05, 0) is 38.7 Å². The van der Waals surface area contributed by atoms with E-state index in [1.54, 1.807) is 0 Å². The van der Waals surface area contributed by atoms with Crippen LogP contribution in [-0.2, 0) is 8.91 Å². The Balaban J connectivity index is 3.30. The van der Waals surface area contributed by atoms with Crippen LogP contribution in [0.25, 0.3) is 0 Å². The van der Waals surface area contributed by atoms with Gasteiger partial charge in [0.05, 0.1) is 0 Å². The van der Waals surface area contributed by atoms with E-state index in [4.69, 9.17) is 9.22 Å². The lowest BCUT2D eigenvalue weighted by molar-refractivity contribution is -0.137. The van der Waals surface area contributed by atoms with Gasteiger partial charge in [-0.2, -0.15) is 0 Å². The summed E-state index contributed by atoms with van der Waals surface area (Å²) in [5.41, 5.74) is 0. The number of aliphatic carboxylic acids is 1. The van der Waals surface area contributed by atoms with Crippen LogP contribution in [-0.4, -0.2) is 28.4 Å². The maximum Gasteiger partial charge on any atom is 0.303 e. The maximum absolute atomic E-state index is 10.3. The van der Waals surface area contributed by atoms with Crippen molar-refractivity contribution in [3.05, 3.63) is 0 Å². The molecule has 1 N–H and O–H groups in total. The fourth-order valence-electron chi connectivity index (χ4n) is 2.58. The molecule has 0 aliphatic heterocycles. The van der Waals surface area contributed by atoms with E-state index in [1.165, 1.54) is 44.6 Å². The van der Waals surface area contributed by atoms with E-state index in [0.717, 1.165) is 12.8 Å². The Labute approximate surface area is 128 Å². The minimum atomic E-state index is -1.36. The second-order valence-corrected chi connectivity index (χ2v) is 13.7. The molecule has 0 heterocycles. The van der Waals surface area contributed by atoms with E-state index >= 15 is 0 Å². The minimum absolute atomic E-state index is 0.332. The number of hydrogen-bond acceptors (Lipinski definition) is 2. The normalized spacial score (nSPS) is 12.1. The molecule has 0 saturated carbocycles. The van der Waals surface area contributed by atoms with Gasteiger partial charge in [-0.3, -0.25) is 4.79 Å². The summed E-state index contributed by atoms with van der Waals surface area (Å²) in [6.07, 6.45) is 9.96. The van der Waals surface area contributed by atoms with Crippen molar-refractivity contribution in [3.63, 3.8) is 0 Å². The molecule has 0 rings (SSSR count). The smallest absolute Gasteiger partial charge is 0.303 e. The Kier molecular flexibility index (Phi) is 11.4. The monoisotopic (exact) mass is 318 g/mol. The lowest BCUT2D eigenvalue weighted by atomic mass is 10.1. The molecule has 0 spiro atoms. The second-order valence-electron chi connectivity index (χ2n) is 6.65. The fraction of sp³-hybridized carbons (Fsp3) is 0.933. The minimum Gasteiger partial charge on any atom is -0.481 e. The zero-order valence-corrected chi connectivity index (χ0v) is 16.1. The molecule has 0 atom stereocenters. The van der Waals surface area contributed by atoms with Crippen LogP contribution < -0.4 is 0 Å². The molecule has 5 heteroatoms. The van der Waals surface area contributed by atoms with Crippen molar-refractivity contribution in [1.82, 2.24) is 0 Å². The molecule has 0 fully saturated rings. The molecule has 0 aliphatic rings. The van der Waals surface area contributed by atoms with Gasteiger partial charge in [0, 0.05) is 6.42 Å². The number of carboxylic acids is 1. The summed E-state index contributed by atoms with van der Waals surface area (Å²) in [6, 6.07) is 1.30. The van der Waals surface area contributed by atoms with E-state index in [-0.39, 0.29) is 0 Å². The first kappa shape index (κ1) is 19.9. The standard InChI is InChI=1S/C15H34O3Si2/c1-19(2)18-20(3,4)14-12-10-8-6-5-7-9-11-13-15(16)17/h19H,5-14H2,1-4H3,(H,16,17). The highest BCUT2D eigenvalue weighted by Gasteiger charge is 2.22. The average molecular weight is 319 g/mol. The van der Waals surface area contributed by atoms with E-state index in [9.17, 15) is 4.79 Å².